The van der Waals surface area contributed by atoms with Crippen LogP contribution in [0.1, 0.15) is 69.6 Å². The van der Waals surface area contributed by atoms with Crippen molar-refractivity contribution < 1.29 is 46.1 Å². The minimum atomic E-state index is -1.54. The van der Waals surface area contributed by atoms with Crippen LogP contribution in [0.5, 0.6) is 0 Å². The molecule has 1 saturated heterocycles. The number of nitrogen functional groups attached to an aromatic ring is 2. The van der Waals surface area contributed by atoms with E-state index in [1.54, 1.807) is 11.8 Å². The quantitative estimate of drug-likeness (QED) is 0.139. The molecule has 4 aliphatic rings. The second-order valence-corrected chi connectivity index (χ2v) is 14.4. The monoisotopic (exact) mass is 748 g/mol. The number of nitrogens with two attached hydrogens (primary N) is 3. The number of aromatic nitrogens is 2. The second kappa shape index (κ2) is 12.1. The summed E-state index contributed by atoms with van der Waals surface area (Å²) >= 11 is 0. The molecule has 3 heterocycles. The number of nitrogens with zero attached hydrogens (tertiary/aromatic N) is 3. The number of alkyl halides is 3. The Morgan fingerprint density at radius 1 is 0.736 bits per heavy atom. The maximum absolute atomic E-state index is 15.5. The van der Waals surface area contributed by atoms with E-state index in [0.29, 0.717) is 18.4 Å². The van der Waals surface area contributed by atoms with Crippen molar-refractivity contribution >= 4 is 50.8 Å². The normalized spacial score (nSPS) is 25.3. The van der Waals surface area contributed by atoms with Gasteiger partial charge in [-0.1, -0.05) is 0 Å². The Hall–Kier alpha value is -5.26. The van der Waals surface area contributed by atoms with Crippen LogP contribution in [0.2, 0.25) is 0 Å². The second-order valence-electron chi connectivity index (χ2n) is 14.4. The number of fused-ring (bicyclic) bond motifs is 2. The molecule has 0 bridgehead atoms. The molecular weight excluding hydrogens is 714 g/mol. The Balaban J connectivity index is 0.000000174. The zero-order chi connectivity index (χ0) is 38.7. The predicted molar refractivity (Wildman–Crippen MR) is 182 cm³/mol. The van der Waals surface area contributed by atoms with Crippen molar-refractivity contribution in [2.75, 3.05) is 29.5 Å². The van der Waals surface area contributed by atoms with Crippen LogP contribution < -0.4 is 33.0 Å². The molecule has 4 aromatic rings. The molecule has 0 unspecified atom stereocenters. The first-order chi connectivity index (χ1) is 24.8. The summed E-state index contributed by atoms with van der Waals surface area (Å²) in [5, 5.41) is 17.8. The molecule has 8 rings (SSSR count). The van der Waals surface area contributed by atoms with E-state index in [1.807, 2.05) is 0 Å². The smallest absolute Gasteiger partial charge is 0.341 e. The van der Waals surface area contributed by atoms with Crippen molar-refractivity contribution in [2.24, 2.45) is 11.7 Å². The lowest BCUT2D eigenvalue weighted by molar-refractivity contribution is 0.0684. The number of anilines is 3. The Morgan fingerprint density at radius 2 is 1.17 bits per heavy atom. The van der Waals surface area contributed by atoms with Crippen molar-refractivity contribution in [2.45, 2.75) is 75.7 Å². The fourth-order valence-corrected chi connectivity index (χ4v) is 7.63. The molecule has 6 atom stereocenters. The molecule has 12 nitrogen and oxygen atoms in total. The van der Waals surface area contributed by atoms with Crippen LogP contribution in [-0.4, -0.2) is 68.4 Å². The summed E-state index contributed by atoms with van der Waals surface area (Å²) in [5.74, 6) is -7.05. The molecule has 2 aromatic heterocycles. The number of aromatic carboxylic acids is 2. The largest absolute Gasteiger partial charge is 0.477 e. The van der Waals surface area contributed by atoms with Gasteiger partial charge in [0.05, 0.1) is 51.0 Å². The van der Waals surface area contributed by atoms with Gasteiger partial charge in [-0.2, -0.15) is 0 Å². The summed E-state index contributed by atoms with van der Waals surface area (Å²) in [5.41, 5.74) is 12.8. The number of carboxylic acid groups (broad SMARTS) is 2. The lowest BCUT2D eigenvalue weighted by atomic mass is 9.96. The Labute approximate surface area is 295 Å². The fraction of sp³-hybridized carbons (Fsp3) is 0.429. The predicted octanol–water partition coefficient (Wildman–Crippen LogP) is 4.43. The molecule has 8 N–H and O–H groups in total. The molecule has 4 fully saturated rings. The number of aryl methyl sites for hydroxylation is 2. The number of benzene rings is 2. The zero-order valence-electron chi connectivity index (χ0n) is 28.2. The summed E-state index contributed by atoms with van der Waals surface area (Å²) < 4.78 is 87.8. The van der Waals surface area contributed by atoms with Crippen molar-refractivity contribution in [1.29, 1.82) is 0 Å². The van der Waals surface area contributed by atoms with Crippen molar-refractivity contribution in [3.05, 3.63) is 72.5 Å². The van der Waals surface area contributed by atoms with Gasteiger partial charge in [-0.15, -0.1) is 0 Å². The molecule has 0 spiro atoms. The first kappa shape index (κ1) is 36.1. The fourth-order valence-electron chi connectivity index (χ4n) is 7.63. The number of hydrogen-bond donors (Lipinski definition) is 5. The number of carboxylic acids is 2. The van der Waals surface area contributed by atoms with Gasteiger partial charge in [0.25, 0.3) is 0 Å². The molecule has 2 aromatic carbocycles. The summed E-state index contributed by atoms with van der Waals surface area (Å²) in [6, 6.07) is -1.39. The minimum Gasteiger partial charge on any atom is -0.477 e. The van der Waals surface area contributed by atoms with Gasteiger partial charge < -0.3 is 41.4 Å². The van der Waals surface area contributed by atoms with E-state index in [0.717, 1.165) is 12.4 Å². The van der Waals surface area contributed by atoms with Gasteiger partial charge in [-0.05, 0) is 32.3 Å². The molecule has 3 saturated carbocycles. The highest BCUT2D eigenvalue weighted by Crippen LogP contribution is 2.48. The van der Waals surface area contributed by atoms with Crippen LogP contribution in [0.4, 0.5) is 43.4 Å². The average Bonchev–Trinajstić information content (AvgIpc) is 4.06. The van der Waals surface area contributed by atoms with Crippen molar-refractivity contribution in [1.82, 2.24) is 9.13 Å². The summed E-state index contributed by atoms with van der Waals surface area (Å²) in [6.45, 7) is 2.92. The van der Waals surface area contributed by atoms with Crippen LogP contribution in [0, 0.1) is 37.2 Å². The maximum atomic E-state index is 15.5. The highest BCUT2D eigenvalue weighted by molar-refractivity contribution is 6.02. The summed E-state index contributed by atoms with van der Waals surface area (Å²) in [4.78, 5) is 49.3. The van der Waals surface area contributed by atoms with Gasteiger partial charge in [0.2, 0.25) is 10.9 Å². The van der Waals surface area contributed by atoms with Crippen LogP contribution in [0.15, 0.2) is 22.0 Å². The molecule has 282 valence electrons. The minimum absolute atomic E-state index is 0.0479. The van der Waals surface area contributed by atoms with E-state index in [2.05, 4.69) is 0 Å². The van der Waals surface area contributed by atoms with Gasteiger partial charge in [0, 0.05) is 55.3 Å². The van der Waals surface area contributed by atoms with Crippen LogP contribution in [0.3, 0.4) is 0 Å². The highest BCUT2D eigenvalue weighted by atomic mass is 19.2. The lowest BCUT2D eigenvalue weighted by Gasteiger charge is -2.26. The first-order valence-electron chi connectivity index (χ1n) is 16.7. The van der Waals surface area contributed by atoms with E-state index in [-0.39, 0.29) is 53.6 Å². The van der Waals surface area contributed by atoms with Crippen molar-refractivity contribution in [3.8, 4) is 0 Å². The number of pyridine rings is 2. The molecule has 0 amide bonds. The molecule has 53 heavy (non-hydrogen) atoms. The van der Waals surface area contributed by atoms with E-state index in [1.165, 1.54) is 16.1 Å². The molecule has 18 heteroatoms. The Kier molecular flexibility index (Phi) is 8.27. The van der Waals surface area contributed by atoms with E-state index in [4.69, 9.17) is 22.3 Å². The third-order valence-corrected chi connectivity index (χ3v) is 10.9. The molecule has 1 aliphatic heterocycles. The van der Waals surface area contributed by atoms with Gasteiger partial charge in [0.15, 0.2) is 17.5 Å². The SMILES string of the molecule is Cc1c(F)c(F)c(N)c2c(=O)c(C(=O)O)cn([C@@H]3C[C@@H]3F)c12.Cc1c(N2C[C@@H](F)[C@@H](C3(N)CC3)C2)c(F)c(N)c2c(=O)c(C(=O)O)cn([C@@H]3C[C@@H]3F)c12. The van der Waals surface area contributed by atoms with E-state index in [9.17, 15) is 46.2 Å². The lowest BCUT2D eigenvalue weighted by Crippen LogP contribution is -2.38. The first-order valence-corrected chi connectivity index (χ1v) is 16.7. The third kappa shape index (κ3) is 5.56. The standard InChI is InChI=1S/C21H23F3N4O3.C14H11F3N2O3/c1-8-17-14(19(29)9(20(30)31)5-28(17)13-4-11(13)22)16(25)15(24)18(8)27-6-10(12(23)7-27)21(26)2-3-21;1-4-9(16)10(17)11(18)8-12(4)19(7-2-6(7)15)3-5(13(8)20)14(21)22/h5,10-13H,2-4,6-7,25-26H2,1H3,(H,30,31);3,6-7H,2,18H2,1H3,(H,21,22)/t10-,11-,12+,13+;6-,7+/m00/s1. The van der Waals surface area contributed by atoms with E-state index >= 15 is 4.39 Å². The van der Waals surface area contributed by atoms with Crippen LogP contribution in [-0.2, 0) is 0 Å². The number of hydrogen-bond acceptors (Lipinski definition) is 8. The summed E-state index contributed by atoms with van der Waals surface area (Å²) in [7, 11) is 0. The molecule has 3 aliphatic carbocycles. The van der Waals surface area contributed by atoms with E-state index < -0.39 is 110 Å². The number of carbonyl (C=O) groups is 2. The topological polar surface area (TPSA) is 200 Å². The van der Waals surface area contributed by atoms with Crippen molar-refractivity contribution in [3.63, 3.8) is 0 Å². The maximum Gasteiger partial charge on any atom is 0.341 e. The molecular formula is C35H34F6N6O6. The number of rotatable bonds is 6. The van der Waals surface area contributed by atoms with Gasteiger partial charge in [-0.3, -0.25) is 9.59 Å². The summed E-state index contributed by atoms with van der Waals surface area (Å²) in [6.07, 6.45) is 0.0524. The van der Waals surface area contributed by atoms with Gasteiger partial charge in [-0.25, -0.2) is 35.9 Å². The number of halogens is 6. The average molecular weight is 749 g/mol. The Morgan fingerprint density at radius 3 is 1.58 bits per heavy atom. The van der Waals surface area contributed by atoms with Gasteiger partial charge in [0.1, 0.15) is 29.6 Å². The van der Waals surface area contributed by atoms with Crippen LogP contribution >= 0.6 is 0 Å². The highest BCUT2D eigenvalue weighted by Gasteiger charge is 2.53. The molecule has 0 radical (unpaired) electrons. The zero-order valence-corrected chi connectivity index (χ0v) is 28.2. The van der Waals surface area contributed by atoms with Crippen LogP contribution in [0.25, 0.3) is 21.8 Å². The van der Waals surface area contributed by atoms with Gasteiger partial charge >= 0.3 is 11.9 Å². The Bertz CT molecular complexity index is 2410. The third-order valence-electron chi connectivity index (χ3n) is 10.9.